The van der Waals surface area contributed by atoms with Crippen LogP contribution in [0.2, 0.25) is 0 Å². The van der Waals surface area contributed by atoms with Crippen molar-refractivity contribution in [3.8, 4) is 0 Å². The molecule has 2 heterocycles. The largest absolute Gasteiger partial charge is 0.389 e. The number of nitrogens with zero attached hydrogens (tertiary/aromatic N) is 3. The van der Waals surface area contributed by atoms with Gasteiger partial charge in [-0.1, -0.05) is 32.0 Å². The SMILES string of the molecule is CCOCc1nc2c(NC(=O)CCC(C)C)nc3ccccc3c2n1CC(C)(C)O. The maximum atomic E-state index is 12.5. The van der Waals surface area contributed by atoms with Gasteiger partial charge < -0.3 is 19.7 Å². The maximum absolute atomic E-state index is 12.5. The highest BCUT2D eigenvalue weighted by Gasteiger charge is 2.23. The molecular formula is C23H32N4O3. The van der Waals surface area contributed by atoms with Crippen LogP contribution in [-0.4, -0.2) is 37.8 Å². The molecule has 0 bridgehead atoms. The van der Waals surface area contributed by atoms with E-state index in [4.69, 9.17) is 14.7 Å². The Kier molecular flexibility index (Phi) is 6.73. The average molecular weight is 413 g/mol. The molecule has 30 heavy (non-hydrogen) atoms. The first-order valence-corrected chi connectivity index (χ1v) is 10.6. The van der Waals surface area contributed by atoms with Crippen LogP contribution >= 0.6 is 0 Å². The van der Waals surface area contributed by atoms with Crippen LogP contribution in [0.25, 0.3) is 21.9 Å². The number of carbonyl (C=O) groups excluding carboxylic acids is 1. The van der Waals surface area contributed by atoms with Gasteiger partial charge >= 0.3 is 0 Å². The van der Waals surface area contributed by atoms with E-state index in [1.54, 1.807) is 13.8 Å². The highest BCUT2D eigenvalue weighted by atomic mass is 16.5. The number of hydrogen-bond donors (Lipinski definition) is 2. The molecule has 3 aromatic rings. The molecule has 0 saturated heterocycles. The lowest BCUT2D eigenvalue weighted by atomic mass is 10.1. The standard InChI is InChI=1S/C23H32N4O3/c1-6-30-13-18-25-20-21(27(18)14-23(4,5)29)16-9-7-8-10-17(16)24-22(20)26-19(28)12-11-15(2)3/h7-10,15,29H,6,11-14H2,1-5H3,(H,24,26,28). The van der Waals surface area contributed by atoms with E-state index in [-0.39, 0.29) is 5.91 Å². The van der Waals surface area contributed by atoms with Crippen LogP contribution in [0.4, 0.5) is 5.82 Å². The van der Waals surface area contributed by atoms with E-state index in [1.807, 2.05) is 35.8 Å². The summed E-state index contributed by atoms with van der Waals surface area (Å²) in [4.78, 5) is 22.0. The van der Waals surface area contributed by atoms with E-state index in [2.05, 4.69) is 19.2 Å². The molecule has 0 aliphatic rings. The Morgan fingerprint density at radius 3 is 2.67 bits per heavy atom. The van der Waals surface area contributed by atoms with Crippen molar-refractivity contribution in [1.29, 1.82) is 0 Å². The third-order valence-electron chi connectivity index (χ3n) is 4.85. The van der Waals surface area contributed by atoms with Crippen molar-refractivity contribution >= 4 is 33.7 Å². The summed E-state index contributed by atoms with van der Waals surface area (Å²) in [5, 5.41) is 14.4. The predicted molar refractivity (Wildman–Crippen MR) is 119 cm³/mol. The van der Waals surface area contributed by atoms with Gasteiger partial charge in [0.1, 0.15) is 17.9 Å². The zero-order chi connectivity index (χ0) is 21.9. The summed E-state index contributed by atoms with van der Waals surface area (Å²) in [5.74, 6) is 1.52. The average Bonchev–Trinajstić information content (AvgIpc) is 3.02. The van der Waals surface area contributed by atoms with Crippen molar-refractivity contribution in [2.75, 3.05) is 11.9 Å². The van der Waals surface area contributed by atoms with Gasteiger partial charge in [0.2, 0.25) is 5.91 Å². The molecule has 0 saturated carbocycles. The number of para-hydroxylation sites is 1. The molecule has 0 aliphatic carbocycles. The second-order valence-corrected chi connectivity index (χ2v) is 8.72. The summed E-state index contributed by atoms with van der Waals surface area (Å²) < 4.78 is 7.61. The number of aromatic nitrogens is 3. The van der Waals surface area contributed by atoms with Gasteiger partial charge in [0, 0.05) is 18.4 Å². The van der Waals surface area contributed by atoms with Gasteiger partial charge in [-0.15, -0.1) is 0 Å². The minimum absolute atomic E-state index is 0.0730. The molecule has 0 radical (unpaired) electrons. The second-order valence-electron chi connectivity index (χ2n) is 8.72. The van der Waals surface area contributed by atoms with Crippen molar-refractivity contribution < 1.29 is 14.6 Å². The van der Waals surface area contributed by atoms with Crippen LogP contribution in [0.5, 0.6) is 0 Å². The molecule has 1 aromatic carbocycles. The summed E-state index contributed by atoms with van der Waals surface area (Å²) in [6, 6.07) is 7.78. The second kappa shape index (κ2) is 9.10. The summed E-state index contributed by atoms with van der Waals surface area (Å²) in [7, 11) is 0. The lowest BCUT2D eigenvalue weighted by Gasteiger charge is -2.20. The fourth-order valence-electron chi connectivity index (χ4n) is 3.44. The first kappa shape index (κ1) is 22.2. The van der Waals surface area contributed by atoms with Gasteiger partial charge in [0.25, 0.3) is 0 Å². The zero-order valence-electron chi connectivity index (χ0n) is 18.5. The monoisotopic (exact) mass is 412 g/mol. The van der Waals surface area contributed by atoms with E-state index in [0.29, 0.717) is 49.3 Å². The quantitative estimate of drug-likeness (QED) is 0.548. The molecule has 7 nitrogen and oxygen atoms in total. The lowest BCUT2D eigenvalue weighted by Crippen LogP contribution is -2.27. The van der Waals surface area contributed by atoms with Gasteiger partial charge in [0.05, 0.1) is 23.2 Å². The number of anilines is 1. The number of nitrogens with one attached hydrogen (secondary N) is 1. The van der Waals surface area contributed by atoms with Gasteiger partial charge in [-0.05, 0) is 39.2 Å². The minimum atomic E-state index is -0.945. The summed E-state index contributed by atoms with van der Waals surface area (Å²) in [5.41, 5.74) is 1.28. The zero-order valence-corrected chi connectivity index (χ0v) is 18.5. The van der Waals surface area contributed by atoms with Crippen molar-refractivity contribution in [2.45, 2.75) is 66.2 Å². The number of ether oxygens (including phenoxy) is 1. The minimum Gasteiger partial charge on any atom is -0.389 e. The fraction of sp³-hybridized carbons (Fsp3) is 0.522. The molecular weight excluding hydrogens is 380 g/mol. The molecule has 2 aromatic heterocycles. The number of aliphatic hydroxyl groups is 1. The Hall–Kier alpha value is -2.51. The topological polar surface area (TPSA) is 89.3 Å². The highest BCUT2D eigenvalue weighted by Crippen LogP contribution is 2.31. The van der Waals surface area contributed by atoms with E-state index in [0.717, 1.165) is 22.8 Å². The van der Waals surface area contributed by atoms with Gasteiger partial charge in [0.15, 0.2) is 5.82 Å². The first-order chi connectivity index (χ1) is 14.2. The molecule has 7 heteroatoms. The molecule has 0 atom stereocenters. The number of pyridine rings is 1. The summed E-state index contributed by atoms with van der Waals surface area (Å²) >= 11 is 0. The maximum Gasteiger partial charge on any atom is 0.225 e. The highest BCUT2D eigenvalue weighted by molar-refractivity contribution is 6.09. The molecule has 1 amide bonds. The normalized spacial score (nSPS) is 12.2. The molecule has 3 rings (SSSR count). The molecule has 0 unspecified atom stereocenters. The predicted octanol–water partition coefficient (Wildman–Crippen LogP) is 4.27. The first-order valence-electron chi connectivity index (χ1n) is 10.6. The van der Waals surface area contributed by atoms with Crippen molar-refractivity contribution in [3.63, 3.8) is 0 Å². The van der Waals surface area contributed by atoms with Gasteiger partial charge in [-0.2, -0.15) is 0 Å². The molecule has 2 N–H and O–H groups in total. The smallest absolute Gasteiger partial charge is 0.225 e. The molecule has 162 valence electrons. The van der Waals surface area contributed by atoms with Crippen molar-refractivity contribution in [2.24, 2.45) is 5.92 Å². The van der Waals surface area contributed by atoms with E-state index in [9.17, 15) is 9.90 Å². The van der Waals surface area contributed by atoms with Gasteiger partial charge in [-0.25, -0.2) is 9.97 Å². The van der Waals surface area contributed by atoms with E-state index >= 15 is 0 Å². The van der Waals surface area contributed by atoms with Gasteiger partial charge in [-0.3, -0.25) is 4.79 Å². The van der Waals surface area contributed by atoms with Crippen LogP contribution in [0.3, 0.4) is 0 Å². The van der Waals surface area contributed by atoms with Crippen LogP contribution in [0.1, 0.15) is 53.3 Å². The Bertz CT molecular complexity index is 1030. The number of imidazole rings is 1. The Labute approximate surface area is 177 Å². The van der Waals surface area contributed by atoms with E-state index in [1.165, 1.54) is 0 Å². The van der Waals surface area contributed by atoms with Crippen molar-refractivity contribution in [1.82, 2.24) is 14.5 Å². The third kappa shape index (κ3) is 5.15. The number of benzene rings is 1. The Balaban J connectivity index is 2.17. The third-order valence-corrected chi connectivity index (χ3v) is 4.85. The number of rotatable bonds is 9. The van der Waals surface area contributed by atoms with Crippen LogP contribution in [0, 0.1) is 5.92 Å². The van der Waals surface area contributed by atoms with Crippen LogP contribution in [0.15, 0.2) is 24.3 Å². The fourth-order valence-corrected chi connectivity index (χ4v) is 3.44. The summed E-state index contributed by atoms with van der Waals surface area (Å²) in [6.07, 6.45) is 1.25. The van der Waals surface area contributed by atoms with Crippen molar-refractivity contribution in [3.05, 3.63) is 30.1 Å². The Morgan fingerprint density at radius 2 is 2.00 bits per heavy atom. The molecule has 0 fully saturated rings. The van der Waals surface area contributed by atoms with Crippen LogP contribution in [-0.2, 0) is 22.7 Å². The molecule has 0 aliphatic heterocycles. The number of amides is 1. The lowest BCUT2D eigenvalue weighted by molar-refractivity contribution is -0.116. The van der Waals surface area contributed by atoms with Crippen LogP contribution < -0.4 is 5.32 Å². The summed E-state index contributed by atoms with van der Waals surface area (Å²) in [6.45, 7) is 10.9. The number of fused-ring (bicyclic) bond motifs is 3. The Morgan fingerprint density at radius 1 is 1.27 bits per heavy atom. The molecule has 0 spiro atoms. The number of carbonyl (C=O) groups is 1. The number of hydrogen-bond acceptors (Lipinski definition) is 5. The van der Waals surface area contributed by atoms with E-state index < -0.39 is 5.60 Å².